The number of hydrogen-bond acceptors (Lipinski definition) is 2. The van der Waals surface area contributed by atoms with Crippen molar-refractivity contribution in [1.29, 1.82) is 0 Å². The Labute approximate surface area is 102 Å². The molecule has 2 atom stereocenters. The van der Waals surface area contributed by atoms with Crippen LogP contribution in [0.1, 0.15) is 41.0 Å². The summed E-state index contributed by atoms with van der Waals surface area (Å²) in [7, 11) is 0. The van der Waals surface area contributed by atoms with Crippen molar-refractivity contribution in [1.82, 2.24) is 9.80 Å². The molecule has 0 radical (unpaired) electrons. The molecule has 2 saturated heterocycles. The van der Waals surface area contributed by atoms with Crippen molar-refractivity contribution in [3.8, 4) is 0 Å². The van der Waals surface area contributed by atoms with Crippen LogP contribution in [0.3, 0.4) is 0 Å². The molecule has 0 N–H and O–H groups in total. The molecule has 2 aliphatic heterocycles. The van der Waals surface area contributed by atoms with Gasteiger partial charge >= 0.3 is 0 Å². The molecule has 0 aliphatic carbocycles. The lowest BCUT2D eigenvalue weighted by atomic mass is 9.89. The van der Waals surface area contributed by atoms with Crippen molar-refractivity contribution in [2.45, 2.75) is 47.1 Å². The maximum absolute atomic E-state index is 2.66. The fourth-order valence-corrected chi connectivity index (χ4v) is 2.99. The molecule has 0 bridgehead atoms. The van der Waals surface area contributed by atoms with E-state index in [0.29, 0.717) is 0 Å². The van der Waals surface area contributed by atoms with E-state index in [1.54, 1.807) is 0 Å². The van der Waals surface area contributed by atoms with Gasteiger partial charge in [-0.2, -0.15) is 0 Å². The van der Waals surface area contributed by atoms with E-state index in [1.165, 1.54) is 39.1 Å². The predicted octanol–water partition coefficient (Wildman–Crippen LogP) is 2.69. The Kier molecular flexibility index (Phi) is 5.77. The molecule has 0 amide bonds. The van der Waals surface area contributed by atoms with Gasteiger partial charge in [0.1, 0.15) is 0 Å². The Morgan fingerprint density at radius 2 is 1.69 bits per heavy atom. The lowest BCUT2D eigenvalue weighted by molar-refractivity contribution is 0.155. The summed E-state index contributed by atoms with van der Waals surface area (Å²) in [4.78, 5) is 5.28. The summed E-state index contributed by atoms with van der Waals surface area (Å²) in [6.07, 6.45) is 1.43. The normalized spacial score (nSPS) is 31.1. The summed E-state index contributed by atoms with van der Waals surface area (Å²) in [5, 5.41) is 0. The van der Waals surface area contributed by atoms with Crippen LogP contribution in [0.5, 0.6) is 0 Å². The minimum atomic E-state index is 0.746. The molecule has 0 aromatic rings. The van der Waals surface area contributed by atoms with E-state index in [1.807, 2.05) is 13.8 Å². The first-order valence-electron chi connectivity index (χ1n) is 7.17. The van der Waals surface area contributed by atoms with Crippen molar-refractivity contribution in [3.05, 3.63) is 0 Å². The molecule has 2 heteroatoms. The van der Waals surface area contributed by atoms with Gasteiger partial charge in [-0.25, -0.2) is 0 Å². The number of nitrogens with zero attached hydrogens (tertiary/aromatic N) is 2. The molecular weight excluding hydrogens is 196 g/mol. The van der Waals surface area contributed by atoms with E-state index in [9.17, 15) is 0 Å². The van der Waals surface area contributed by atoms with Gasteiger partial charge in [-0.05, 0) is 45.2 Å². The number of hydrogen-bond donors (Lipinski definition) is 0. The smallest absolute Gasteiger partial charge is 0.00388 e. The molecule has 2 heterocycles. The number of fused-ring (bicyclic) bond motifs is 1. The van der Waals surface area contributed by atoms with Crippen LogP contribution in [0.4, 0.5) is 0 Å². The second-order valence-electron chi connectivity index (χ2n) is 5.25. The first-order chi connectivity index (χ1) is 7.70. The minimum absolute atomic E-state index is 0.746. The molecule has 0 aromatic carbocycles. The second kappa shape index (κ2) is 6.61. The van der Waals surface area contributed by atoms with Crippen LogP contribution in [0, 0.1) is 11.8 Å². The van der Waals surface area contributed by atoms with Crippen LogP contribution in [-0.4, -0.2) is 48.6 Å². The minimum Gasteiger partial charge on any atom is -0.303 e. The van der Waals surface area contributed by atoms with Crippen molar-refractivity contribution < 1.29 is 0 Å². The number of piperidine rings is 1. The molecule has 0 spiro atoms. The Hall–Kier alpha value is -0.0800. The van der Waals surface area contributed by atoms with Crippen molar-refractivity contribution in [2.24, 2.45) is 11.8 Å². The molecule has 2 nitrogen and oxygen atoms in total. The molecule has 2 unspecified atom stereocenters. The molecule has 16 heavy (non-hydrogen) atoms. The Bertz CT molecular complexity index is 191. The van der Waals surface area contributed by atoms with Crippen molar-refractivity contribution >= 4 is 0 Å². The standard InChI is InChI=1S/C12H24N2.C2H6/c1-4-13-6-5-11-8-14(10(2)3)9-12(11)7-13;1-2/h10-12H,4-9H2,1-3H3;1-2H3. The fourth-order valence-electron chi connectivity index (χ4n) is 2.99. The van der Waals surface area contributed by atoms with Gasteiger partial charge in [-0.3, -0.25) is 0 Å². The lowest BCUT2D eigenvalue weighted by Gasteiger charge is -2.33. The highest BCUT2D eigenvalue weighted by atomic mass is 15.2. The third-order valence-corrected chi connectivity index (χ3v) is 4.09. The number of rotatable bonds is 2. The molecule has 2 aliphatic rings. The summed E-state index contributed by atoms with van der Waals surface area (Å²) in [5.74, 6) is 1.96. The monoisotopic (exact) mass is 226 g/mol. The Morgan fingerprint density at radius 3 is 2.25 bits per heavy atom. The van der Waals surface area contributed by atoms with E-state index in [-0.39, 0.29) is 0 Å². The molecule has 96 valence electrons. The second-order valence-corrected chi connectivity index (χ2v) is 5.25. The van der Waals surface area contributed by atoms with E-state index in [4.69, 9.17) is 0 Å². The van der Waals surface area contributed by atoms with E-state index in [0.717, 1.165) is 17.9 Å². The molecular formula is C14H30N2. The third kappa shape index (κ3) is 3.21. The van der Waals surface area contributed by atoms with Gasteiger partial charge in [0.15, 0.2) is 0 Å². The van der Waals surface area contributed by atoms with Gasteiger partial charge in [-0.1, -0.05) is 20.8 Å². The van der Waals surface area contributed by atoms with Gasteiger partial charge in [0.05, 0.1) is 0 Å². The summed E-state index contributed by atoms with van der Waals surface area (Å²) in [5.41, 5.74) is 0. The SMILES string of the molecule is CC.CCN1CCC2CN(C(C)C)CC2C1. The molecule has 0 aromatic heterocycles. The summed E-state index contributed by atoms with van der Waals surface area (Å²) >= 11 is 0. The van der Waals surface area contributed by atoms with Gasteiger partial charge in [0.2, 0.25) is 0 Å². The van der Waals surface area contributed by atoms with Crippen molar-refractivity contribution in [2.75, 3.05) is 32.7 Å². The third-order valence-electron chi connectivity index (χ3n) is 4.09. The lowest BCUT2D eigenvalue weighted by Crippen LogP contribution is -2.39. The quantitative estimate of drug-likeness (QED) is 0.714. The summed E-state index contributed by atoms with van der Waals surface area (Å²) < 4.78 is 0. The van der Waals surface area contributed by atoms with Crippen LogP contribution in [0.2, 0.25) is 0 Å². The topological polar surface area (TPSA) is 6.48 Å². The van der Waals surface area contributed by atoms with Crippen LogP contribution in [-0.2, 0) is 0 Å². The molecule has 0 saturated carbocycles. The average Bonchev–Trinajstić information content (AvgIpc) is 2.74. The van der Waals surface area contributed by atoms with Crippen LogP contribution in [0.15, 0.2) is 0 Å². The highest BCUT2D eigenvalue weighted by Gasteiger charge is 2.37. The average molecular weight is 226 g/mol. The fraction of sp³-hybridized carbons (Fsp3) is 1.00. The first-order valence-corrected chi connectivity index (χ1v) is 7.17. The highest BCUT2D eigenvalue weighted by molar-refractivity contribution is 4.90. The van der Waals surface area contributed by atoms with Crippen LogP contribution >= 0.6 is 0 Å². The maximum atomic E-state index is 2.66. The predicted molar refractivity (Wildman–Crippen MR) is 71.8 cm³/mol. The zero-order valence-corrected chi connectivity index (χ0v) is 11.9. The van der Waals surface area contributed by atoms with Gasteiger partial charge in [0, 0.05) is 25.7 Å². The highest BCUT2D eigenvalue weighted by Crippen LogP contribution is 2.31. The van der Waals surface area contributed by atoms with Crippen LogP contribution in [0.25, 0.3) is 0 Å². The zero-order chi connectivity index (χ0) is 12.1. The molecule has 2 rings (SSSR count). The van der Waals surface area contributed by atoms with Gasteiger partial charge in [-0.15, -0.1) is 0 Å². The first kappa shape index (κ1) is 14.0. The number of likely N-dealkylation sites (tertiary alicyclic amines) is 2. The summed E-state index contributed by atoms with van der Waals surface area (Å²) in [6, 6.07) is 0.746. The zero-order valence-electron chi connectivity index (χ0n) is 11.9. The van der Waals surface area contributed by atoms with E-state index < -0.39 is 0 Å². The Morgan fingerprint density at radius 1 is 1.06 bits per heavy atom. The van der Waals surface area contributed by atoms with Crippen molar-refractivity contribution in [3.63, 3.8) is 0 Å². The van der Waals surface area contributed by atoms with Gasteiger partial charge in [0.25, 0.3) is 0 Å². The summed E-state index contributed by atoms with van der Waals surface area (Å²) in [6.45, 7) is 17.6. The van der Waals surface area contributed by atoms with E-state index in [2.05, 4.69) is 30.6 Å². The molecule has 2 fully saturated rings. The largest absolute Gasteiger partial charge is 0.303 e. The van der Waals surface area contributed by atoms with Gasteiger partial charge < -0.3 is 9.80 Å². The van der Waals surface area contributed by atoms with Crippen LogP contribution < -0.4 is 0 Å². The maximum Gasteiger partial charge on any atom is 0.00388 e. The Balaban J connectivity index is 0.000000606. The van der Waals surface area contributed by atoms with E-state index >= 15 is 0 Å².